The highest BCUT2D eigenvalue weighted by molar-refractivity contribution is 7.84. The molecule has 7 heteroatoms. The summed E-state index contributed by atoms with van der Waals surface area (Å²) in [6, 6.07) is 6.99. The minimum atomic E-state index is -1.57. The third kappa shape index (κ3) is 3.00. The zero-order valence-corrected chi connectivity index (χ0v) is 11.2. The third-order valence-corrected chi connectivity index (χ3v) is 3.99. The molecule has 0 aliphatic heterocycles. The summed E-state index contributed by atoms with van der Waals surface area (Å²) in [6.45, 7) is 0. The number of nitrogens with zero attached hydrogens (tertiary/aromatic N) is 1. The Morgan fingerprint density at radius 1 is 1.35 bits per heavy atom. The van der Waals surface area contributed by atoms with Gasteiger partial charge < -0.3 is 11.5 Å². The number of hydrogen-bond donors (Lipinski definition) is 2. The van der Waals surface area contributed by atoms with E-state index in [1.165, 1.54) is 18.3 Å². The van der Waals surface area contributed by atoms with E-state index in [1.54, 1.807) is 12.1 Å². The number of hydrogen-bond acceptors (Lipinski definition) is 4. The average molecular weight is 293 g/mol. The molecule has 20 heavy (non-hydrogen) atoms. The summed E-state index contributed by atoms with van der Waals surface area (Å²) in [4.78, 5) is 14.8. The zero-order chi connectivity index (χ0) is 14.7. The Bertz CT molecular complexity index is 691. The van der Waals surface area contributed by atoms with Gasteiger partial charge in [-0.25, -0.2) is 9.37 Å². The molecule has 0 aliphatic rings. The number of nitrogen functional groups attached to an aromatic ring is 1. The Hall–Kier alpha value is -2.28. The first kappa shape index (κ1) is 14.1. The second-order valence-electron chi connectivity index (χ2n) is 4.06. The topological polar surface area (TPSA) is 99.1 Å². The highest BCUT2D eigenvalue weighted by atomic mass is 32.2. The smallest absolute Gasteiger partial charge is 0.248 e. The van der Waals surface area contributed by atoms with E-state index in [0.717, 1.165) is 6.07 Å². The Morgan fingerprint density at radius 3 is 2.70 bits per heavy atom. The summed E-state index contributed by atoms with van der Waals surface area (Å²) in [5, 5.41) is 0.214. The Labute approximate surface area is 117 Å². The normalized spacial score (nSPS) is 12.1. The molecule has 0 saturated heterocycles. The van der Waals surface area contributed by atoms with Crippen molar-refractivity contribution in [3.63, 3.8) is 0 Å². The first-order valence-corrected chi connectivity index (χ1v) is 6.98. The van der Waals surface area contributed by atoms with Gasteiger partial charge >= 0.3 is 0 Å². The van der Waals surface area contributed by atoms with E-state index in [-0.39, 0.29) is 21.9 Å². The van der Waals surface area contributed by atoms with Crippen LogP contribution in [0, 0.1) is 5.82 Å². The molecule has 5 nitrogen and oxygen atoms in total. The van der Waals surface area contributed by atoms with Crippen molar-refractivity contribution in [2.24, 2.45) is 5.73 Å². The van der Waals surface area contributed by atoms with Crippen molar-refractivity contribution >= 4 is 22.4 Å². The van der Waals surface area contributed by atoms with Crippen molar-refractivity contribution in [2.75, 3.05) is 5.73 Å². The van der Waals surface area contributed by atoms with Crippen LogP contribution >= 0.6 is 0 Å². The first-order valence-electron chi connectivity index (χ1n) is 5.66. The fourth-order valence-electron chi connectivity index (χ4n) is 1.62. The van der Waals surface area contributed by atoms with Crippen LogP contribution in [0.2, 0.25) is 0 Å². The highest BCUT2D eigenvalue weighted by Crippen LogP contribution is 2.18. The molecule has 1 amide bonds. The number of benzene rings is 1. The monoisotopic (exact) mass is 293 g/mol. The minimum Gasteiger partial charge on any atom is -0.396 e. The van der Waals surface area contributed by atoms with Gasteiger partial charge in [-0.3, -0.25) is 9.00 Å². The molecule has 0 aliphatic carbocycles. The molecule has 1 unspecified atom stereocenters. The number of aromatic nitrogens is 1. The van der Waals surface area contributed by atoms with Gasteiger partial charge in [-0.2, -0.15) is 0 Å². The predicted octanol–water partition coefficient (Wildman–Crippen LogP) is 1.21. The third-order valence-electron chi connectivity index (χ3n) is 2.64. The summed E-state index contributed by atoms with van der Waals surface area (Å²) < 4.78 is 25.9. The Balaban J connectivity index is 2.25. The summed E-state index contributed by atoms with van der Waals surface area (Å²) in [6.07, 6.45) is 1.47. The maximum absolute atomic E-state index is 13.8. The van der Waals surface area contributed by atoms with E-state index in [4.69, 9.17) is 11.5 Å². The molecule has 0 bridgehead atoms. The lowest BCUT2D eigenvalue weighted by Gasteiger charge is -2.06. The highest BCUT2D eigenvalue weighted by Gasteiger charge is 2.14. The molecule has 1 heterocycles. The number of primary amides is 1. The lowest BCUT2D eigenvalue weighted by Crippen LogP contribution is -2.12. The number of anilines is 1. The Kier molecular flexibility index (Phi) is 4.09. The molecule has 0 fully saturated rings. The molecule has 0 spiro atoms. The second-order valence-corrected chi connectivity index (χ2v) is 5.42. The van der Waals surface area contributed by atoms with Crippen LogP contribution in [0.25, 0.3) is 0 Å². The molecule has 2 rings (SSSR count). The predicted molar refractivity (Wildman–Crippen MR) is 73.7 cm³/mol. The van der Waals surface area contributed by atoms with Gasteiger partial charge in [-0.1, -0.05) is 6.07 Å². The van der Waals surface area contributed by atoms with E-state index in [1.807, 2.05) is 0 Å². The summed E-state index contributed by atoms with van der Waals surface area (Å²) in [7, 11) is -1.57. The van der Waals surface area contributed by atoms with Crippen LogP contribution in [0.3, 0.4) is 0 Å². The fourth-order valence-corrected chi connectivity index (χ4v) is 2.78. The standard InChI is InChI=1S/C13H12FN3O2S/c14-10-6-8(12(16)18)3-4-9(10)7-20(19)13-11(15)2-1-5-17-13/h1-6H,7,15H2,(H2,16,18). The van der Waals surface area contributed by atoms with Gasteiger partial charge in [0.15, 0.2) is 0 Å². The largest absolute Gasteiger partial charge is 0.396 e. The van der Waals surface area contributed by atoms with E-state index < -0.39 is 22.5 Å². The van der Waals surface area contributed by atoms with Crippen molar-refractivity contribution in [2.45, 2.75) is 10.8 Å². The van der Waals surface area contributed by atoms with Crippen LogP contribution in [0.4, 0.5) is 10.1 Å². The van der Waals surface area contributed by atoms with Crippen LogP contribution in [-0.4, -0.2) is 15.1 Å². The number of halogens is 1. The van der Waals surface area contributed by atoms with E-state index in [2.05, 4.69) is 4.98 Å². The van der Waals surface area contributed by atoms with Gasteiger partial charge in [0.05, 0.1) is 22.2 Å². The van der Waals surface area contributed by atoms with Crippen molar-refractivity contribution in [1.29, 1.82) is 0 Å². The van der Waals surface area contributed by atoms with Crippen molar-refractivity contribution in [3.05, 3.63) is 53.5 Å². The molecule has 1 aromatic carbocycles. The van der Waals surface area contributed by atoms with Gasteiger partial charge in [0.2, 0.25) is 5.91 Å². The fraction of sp³-hybridized carbons (Fsp3) is 0.0769. The molecule has 4 N–H and O–H groups in total. The SMILES string of the molecule is NC(=O)c1ccc(CS(=O)c2ncccc2N)c(F)c1. The zero-order valence-electron chi connectivity index (χ0n) is 10.4. The molecule has 1 atom stereocenters. The van der Waals surface area contributed by atoms with Gasteiger partial charge in [-0.15, -0.1) is 0 Å². The van der Waals surface area contributed by atoms with Gasteiger partial charge in [0, 0.05) is 17.3 Å². The van der Waals surface area contributed by atoms with Crippen molar-refractivity contribution in [3.8, 4) is 0 Å². The van der Waals surface area contributed by atoms with Crippen LogP contribution in [0.15, 0.2) is 41.6 Å². The summed E-state index contributed by atoms with van der Waals surface area (Å²) in [5.41, 5.74) is 11.3. The number of nitrogens with two attached hydrogens (primary N) is 2. The summed E-state index contributed by atoms with van der Waals surface area (Å²) >= 11 is 0. The molecular weight excluding hydrogens is 281 g/mol. The Morgan fingerprint density at radius 2 is 2.10 bits per heavy atom. The molecule has 0 radical (unpaired) electrons. The number of pyridine rings is 1. The van der Waals surface area contributed by atoms with Crippen LogP contribution in [0.1, 0.15) is 15.9 Å². The quantitative estimate of drug-likeness (QED) is 0.885. The number of amides is 1. The van der Waals surface area contributed by atoms with Crippen molar-refractivity contribution in [1.82, 2.24) is 4.98 Å². The first-order chi connectivity index (χ1) is 9.49. The number of carbonyl (C=O) groups is 1. The van der Waals surface area contributed by atoms with Crippen LogP contribution in [-0.2, 0) is 16.6 Å². The van der Waals surface area contributed by atoms with Gasteiger partial charge in [0.1, 0.15) is 10.8 Å². The lowest BCUT2D eigenvalue weighted by molar-refractivity contribution is 0.1000. The molecule has 0 saturated carbocycles. The second kappa shape index (κ2) is 5.79. The maximum Gasteiger partial charge on any atom is 0.248 e. The van der Waals surface area contributed by atoms with Crippen LogP contribution < -0.4 is 11.5 Å². The summed E-state index contributed by atoms with van der Waals surface area (Å²) in [5.74, 6) is -1.43. The molecule has 2 aromatic rings. The molecular formula is C13H12FN3O2S. The average Bonchev–Trinajstić information content (AvgIpc) is 2.41. The van der Waals surface area contributed by atoms with E-state index in [9.17, 15) is 13.4 Å². The molecule has 104 valence electrons. The van der Waals surface area contributed by atoms with E-state index >= 15 is 0 Å². The number of carbonyl (C=O) groups excluding carboxylic acids is 1. The van der Waals surface area contributed by atoms with Crippen LogP contribution in [0.5, 0.6) is 0 Å². The van der Waals surface area contributed by atoms with E-state index in [0.29, 0.717) is 5.69 Å². The maximum atomic E-state index is 13.8. The minimum absolute atomic E-state index is 0.0642. The van der Waals surface area contributed by atoms with Crippen molar-refractivity contribution < 1.29 is 13.4 Å². The van der Waals surface area contributed by atoms with Gasteiger partial charge in [-0.05, 0) is 24.3 Å². The lowest BCUT2D eigenvalue weighted by atomic mass is 10.1. The van der Waals surface area contributed by atoms with Gasteiger partial charge in [0.25, 0.3) is 0 Å². The molecule has 1 aromatic heterocycles. The number of rotatable bonds is 4.